The predicted octanol–water partition coefficient (Wildman–Crippen LogP) is 5.44. The molecule has 1 atom stereocenters. The van der Waals surface area contributed by atoms with Crippen molar-refractivity contribution < 1.29 is 24.2 Å². The maximum absolute atomic E-state index is 13.2. The van der Waals surface area contributed by atoms with Crippen molar-refractivity contribution in [1.82, 2.24) is 10.2 Å². The third-order valence-corrected chi connectivity index (χ3v) is 7.01. The second-order valence-electron chi connectivity index (χ2n) is 9.97. The number of fused-ring (bicyclic) bond motifs is 3. The molecule has 0 aliphatic heterocycles. The Balaban J connectivity index is 1.39. The molecule has 1 aliphatic rings. The molecular formula is C31H34N2O5. The van der Waals surface area contributed by atoms with Gasteiger partial charge in [-0.1, -0.05) is 92.7 Å². The first kappa shape index (κ1) is 26.9. The number of alkyl carbamates (subject to hydrolysis) is 1. The summed E-state index contributed by atoms with van der Waals surface area (Å²) in [4.78, 5) is 38.8. The summed E-state index contributed by atoms with van der Waals surface area (Å²) in [5, 5.41) is 12.0. The summed E-state index contributed by atoms with van der Waals surface area (Å²) in [6, 6.07) is 25.3. The SMILES string of the molecule is CC(C)[C@@H](CC(=O)N(CCC(=O)O)Cc1ccccc1)NC(=O)OCC1c2ccccc2-c2ccccc21. The molecule has 4 rings (SSSR count). The molecule has 0 spiro atoms. The molecule has 0 saturated heterocycles. The van der Waals surface area contributed by atoms with Crippen LogP contribution in [0.3, 0.4) is 0 Å². The summed E-state index contributed by atoms with van der Waals surface area (Å²) >= 11 is 0. The van der Waals surface area contributed by atoms with Crippen molar-refractivity contribution in [3.63, 3.8) is 0 Å². The molecule has 198 valence electrons. The third-order valence-electron chi connectivity index (χ3n) is 7.01. The highest BCUT2D eigenvalue weighted by Gasteiger charge is 2.30. The fraction of sp³-hybridized carbons (Fsp3) is 0.323. The highest BCUT2D eigenvalue weighted by Crippen LogP contribution is 2.44. The number of carbonyl (C=O) groups excluding carboxylic acids is 2. The maximum atomic E-state index is 13.2. The molecule has 0 unspecified atom stereocenters. The zero-order valence-corrected chi connectivity index (χ0v) is 21.8. The first-order valence-corrected chi connectivity index (χ1v) is 13.0. The molecule has 2 N–H and O–H groups in total. The monoisotopic (exact) mass is 514 g/mol. The van der Waals surface area contributed by atoms with Crippen molar-refractivity contribution >= 4 is 18.0 Å². The van der Waals surface area contributed by atoms with Crippen LogP contribution in [0, 0.1) is 5.92 Å². The second kappa shape index (κ2) is 12.4. The molecule has 2 amide bonds. The first-order chi connectivity index (χ1) is 18.3. The lowest BCUT2D eigenvalue weighted by atomic mass is 9.98. The lowest BCUT2D eigenvalue weighted by Crippen LogP contribution is -2.44. The number of nitrogens with one attached hydrogen (secondary N) is 1. The summed E-state index contributed by atoms with van der Waals surface area (Å²) in [5.41, 5.74) is 5.49. The zero-order chi connectivity index (χ0) is 27.1. The second-order valence-corrected chi connectivity index (χ2v) is 9.97. The number of aliphatic carboxylic acids is 1. The van der Waals surface area contributed by atoms with Crippen LogP contribution in [0.25, 0.3) is 11.1 Å². The van der Waals surface area contributed by atoms with E-state index >= 15 is 0 Å². The van der Waals surface area contributed by atoms with Crippen LogP contribution in [-0.2, 0) is 20.9 Å². The summed E-state index contributed by atoms with van der Waals surface area (Å²) < 4.78 is 5.68. The summed E-state index contributed by atoms with van der Waals surface area (Å²) in [6.45, 7) is 4.46. The fourth-order valence-corrected chi connectivity index (χ4v) is 4.89. The van der Waals surface area contributed by atoms with Crippen LogP contribution in [0.4, 0.5) is 4.79 Å². The molecule has 0 radical (unpaired) electrons. The van der Waals surface area contributed by atoms with Crippen LogP contribution in [-0.4, -0.2) is 47.2 Å². The van der Waals surface area contributed by atoms with Crippen LogP contribution < -0.4 is 5.32 Å². The summed E-state index contributed by atoms with van der Waals surface area (Å²) in [7, 11) is 0. The number of benzene rings is 3. The molecule has 7 heteroatoms. The van der Waals surface area contributed by atoms with Crippen molar-refractivity contribution in [1.29, 1.82) is 0 Å². The minimum Gasteiger partial charge on any atom is -0.481 e. The van der Waals surface area contributed by atoms with Crippen LogP contribution in [0.2, 0.25) is 0 Å². The van der Waals surface area contributed by atoms with Crippen molar-refractivity contribution in [2.75, 3.05) is 13.2 Å². The third kappa shape index (κ3) is 6.59. The lowest BCUT2D eigenvalue weighted by Gasteiger charge is -2.27. The summed E-state index contributed by atoms with van der Waals surface area (Å²) in [5.74, 6) is -1.26. The number of carboxylic acid groups (broad SMARTS) is 1. The van der Waals surface area contributed by atoms with Gasteiger partial charge in [-0.05, 0) is 33.7 Å². The number of amides is 2. The van der Waals surface area contributed by atoms with Gasteiger partial charge in [-0.15, -0.1) is 0 Å². The van der Waals surface area contributed by atoms with Crippen LogP contribution >= 0.6 is 0 Å². The van der Waals surface area contributed by atoms with Gasteiger partial charge in [0.2, 0.25) is 5.91 Å². The van der Waals surface area contributed by atoms with E-state index in [0.29, 0.717) is 6.54 Å². The number of rotatable bonds is 11. The minimum atomic E-state index is -0.965. The van der Waals surface area contributed by atoms with E-state index in [2.05, 4.69) is 29.6 Å². The lowest BCUT2D eigenvalue weighted by molar-refractivity contribution is -0.139. The van der Waals surface area contributed by atoms with Gasteiger partial charge in [0, 0.05) is 31.5 Å². The number of ether oxygens (including phenoxy) is 1. The Bertz CT molecular complexity index is 1230. The molecule has 1 aliphatic carbocycles. The van der Waals surface area contributed by atoms with Crippen molar-refractivity contribution in [3.8, 4) is 11.1 Å². The van der Waals surface area contributed by atoms with Gasteiger partial charge in [0.05, 0.1) is 6.42 Å². The van der Waals surface area contributed by atoms with E-state index in [0.717, 1.165) is 27.8 Å². The first-order valence-electron chi connectivity index (χ1n) is 13.0. The van der Waals surface area contributed by atoms with E-state index in [4.69, 9.17) is 9.84 Å². The highest BCUT2D eigenvalue weighted by molar-refractivity contribution is 5.80. The Morgan fingerprint density at radius 1 is 0.895 bits per heavy atom. The molecule has 0 aromatic heterocycles. The van der Waals surface area contributed by atoms with Crippen molar-refractivity contribution in [3.05, 3.63) is 95.6 Å². The van der Waals surface area contributed by atoms with Gasteiger partial charge in [0.25, 0.3) is 0 Å². The number of carboxylic acids is 1. The van der Waals surface area contributed by atoms with Gasteiger partial charge in [-0.3, -0.25) is 9.59 Å². The average molecular weight is 515 g/mol. The van der Waals surface area contributed by atoms with Crippen LogP contribution in [0.1, 0.15) is 49.3 Å². The Morgan fingerprint density at radius 2 is 1.47 bits per heavy atom. The van der Waals surface area contributed by atoms with Crippen LogP contribution in [0.5, 0.6) is 0 Å². The van der Waals surface area contributed by atoms with E-state index < -0.39 is 18.1 Å². The molecule has 0 fully saturated rings. The van der Waals surface area contributed by atoms with Gasteiger partial charge in [0.1, 0.15) is 6.61 Å². The molecule has 3 aromatic carbocycles. The van der Waals surface area contributed by atoms with E-state index in [-0.39, 0.29) is 43.7 Å². The van der Waals surface area contributed by atoms with Gasteiger partial charge in [-0.25, -0.2) is 4.79 Å². The molecule has 0 saturated carbocycles. The Kier molecular flexibility index (Phi) is 8.79. The van der Waals surface area contributed by atoms with Gasteiger partial charge >= 0.3 is 12.1 Å². The molecule has 38 heavy (non-hydrogen) atoms. The van der Waals surface area contributed by atoms with E-state index in [1.807, 2.05) is 68.4 Å². The largest absolute Gasteiger partial charge is 0.481 e. The standard InChI is InChI=1S/C31H34N2O5/c1-21(2)28(18-29(34)33(17-16-30(35)36)19-22-10-4-3-5-11-22)32-31(37)38-20-27-25-14-8-6-12-23(25)24-13-7-9-15-26(24)27/h3-15,21,27-28H,16-20H2,1-2H3,(H,32,37)(H,35,36)/t28-/m1/s1. The molecule has 0 bridgehead atoms. The molecule has 0 heterocycles. The number of hydrogen-bond acceptors (Lipinski definition) is 4. The van der Waals surface area contributed by atoms with E-state index in [1.165, 1.54) is 4.90 Å². The smallest absolute Gasteiger partial charge is 0.407 e. The van der Waals surface area contributed by atoms with Gasteiger partial charge in [-0.2, -0.15) is 0 Å². The normalized spacial score (nSPS) is 12.9. The highest BCUT2D eigenvalue weighted by atomic mass is 16.5. The molecule has 7 nitrogen and oxygen atoms in total. The maximum Gasteiger partial charge on any atom is 0.407 e. The zero-order valence-electron chi connectivity index (χ0n) is 21.8. The van der Waals surface area contributed by atoms with E-state index in [1.54, 1.807) is 0 Å². The molecule has 3 aromatic rings. The van der Waals surface area contributed by atoms with E-state index in [9.17, 15) is 14.4 Å². The van der Waals surface area contributed by atoms with Crippen molar-refractivity contribution in [2.24, 2.45) is 5.92 Å². The number of carbonyl (C=O) groups is 3. The van der Waals surface area contributed by atoms with Gasteiger partial charge < -0.3 is 20.1 Å². The Labute approximate surface area is 223 Å². The quantitative estimate of drug-likeness (QED) is 0.355. The number of hydrogen-bond donors (Lipinski definition) is 2. The fourth-order valence-electron chi connectivity index (χ4n) is 4.89. The topological polar surface area (TPSA) is 95.9 Å². The Hall–Kier alpha value is -4.13. The van der Waals surface area contributed by atoms with Crippen LogP contribution in [0.15, 0.2) is 78.9 Å². The van der Waals surface area contributed by atoms with Gasteiger partial charge in [0.15, 0.2) is 0 Å². The van der Waals surface area contributed by atoms with Crippen molar-refractivity contribution in [2.45, 2.75) is 45.2 Å². The Morgan fingerprint density at radius 3 is 2.05 bits per heavy atom. The average Bonchev–Trinajstić information content (AvgIpc) is 3.23. The minimum absolute atomic E-state index is 0.0301. The summed E-state index contributed by atoms with van der Waals surface area (Å²) in [6.07, 6.45) is -0.669. The number of nitrogens with zero attached hydrogens (tertiary/aromatic N) is 1. The predicted molar refractivity (Wildman–Crippen MR) is 146 cm³/mol. The molecular weight excluding hydrogens is 480 g/mol.